The van der Waals surface area contributed by atoms with E-state index < -0.39 is 0 Å². The molecule has 1 aromatic heterocycles. The van der Waals surface area contributed by atoms with Crippen LogP contribution in [0.1, 0.15) is 26.7 Å². The second-order valence-corrected chi connectivity index (χ2v) is 5.68. The molecule has 0 spiro atoms. The minimum Gasteiger partial charge on any atom is -0.396 e. The number of aromatic nitrogens is 1. The van der Waals surface area contributed by atoms with Crippen molar-refractivity contribution in [2.24, 2.45) is 5.41 Å². The summed E-state index contributed by atoms with van der Waals surface area (Å²) in [5, 5.41) is 14.8. The molecule has 0 amide bonds. The van der Waals surface area contributed by atoms with Gasteiger partial charge in [-0.1, -0.05) is 25.4 Å². The Morgan fingerprint density at radius 1 is 1.25 bits per heavy atom. The molecule has 2 N–H and O–H groups in total. The van der Waals surface area contributed by atoms with Gasteiger partial charge >= 0.3 is 0 Å². The Morgan fingerprint density at radius 3 is 2.65 bits per heavy atom. The predicted molar refractivity (Wildman–Crippen MR) is 85.3 cm³/mol. The maximum Gasteiger partial charge on any atom is 0.0737 e. The lowest BCUT2D eigenvalue weighted by Crippen LogP contribution is -2.32. The molecule has 0 atom stereocenters. The van der Waals surface area contributed by atoms with Crippen LogP contribution >= 0.6 is 11.6 Å². The normalized spacial score (nSPS) is 11.8. The summed E-state index contributed by atoms with van der Waals surface area (Å²) in [6, 6.07) is 7.67. The molecule has 0 unspecified atom stereocenters. The van der Waals surface area contributed by atoms with Crippen LogP contribution < -0.4 is 5.32 Å². The number of aliphatic hydroxyl groups excluding tert-OH is 1. The predicted octanol–water partition coefficient (Wildman–Crippen LogP) is 4.10. The smallest absolute Gasteiger partial charge is 0.0737 e. The van der Waals surface area contributed by atoms with Crippen LogP contribution in [-0.2, 0) is 0 Å². The molecule has 20 heavy (non-hydrogen) atoms. The lowest BCUT2D eigenvalue weighted by atomic mass is 9.83. The van der Waals surface area contributed by atoms with E-state index in [0.29, 0.717) is 5.02 Å². The Morgan fingerprint density at radius 2 is 2.00 bits per heavy atom. The van der Waals surface area contributed by atoms with Gasteiger partial charge in [-0.2, -0.15) is 0 Å². The minimum atomic E-state index is -0.0674. The van der Waals surface area contributed by atoms with Crippen molar-refractivity contribution in [1.82, 2.24) is 4.98 Å². The van der Waals surface area contributed by atoms with Crippen LogP contribution in [0.25, 0.3) is 10.9 Å². The number of rotatable bonds is 6. The van der Waals surface area contributed by atoms with E-state index in [-0.39, 0.29) is 12.0 Å². The van der Waals surface area contributed by atoms with Gasteiger partial charge < -0.3 is 10.4 Å². The molecule has 1 heterocycles. The van der Waals surface area contributed by atoms with Gasteiger partial charge in [0.2, 0.25) is 0 Å². The molecule has 3 nitrogen and oxygen atoms in total. The number of benzene rings is 1. The van der Waals surface area contributed by atoms with Gasteiger partial charge in [-0.3, -0.25) is 4.98 Å². The summed E-state index contributed by atoms with van der Waals surface area (Å²) in [5.74, 6) is 0. The van der Waals surface area contributed by atoms with E-state index in [4.69, 9.17) is 11.6 Å². The fourth-order valence-corrected chi connectivity index (χ4v) is 2.50. The largest absolute Gasteiger partial charge is 0.396 e. The zero-order valence-corrected chi connectivity index (χ0v) is 12.7. The van der Waals surface area contributed by atoms with E-state index >= 15 is 0 Å². The van der Waals surface area contributed by atoms with Crippen molar-refractivity contribution in [1.29, 1.82) is 0 Å². The van der Waals surface area contributed by atoms with Crippen molar-refractivity contribution in [3.05, 3.63) is 35.5 Å². The highest BCUT2D eigenvalue weighted by Crippen LogP contribution is 2.29. The van der Waals surface area contributed by atoms with Gasteiger partial charge in [0.15, 0.2) is 0 Å². The molecule has 0 aliphatic rings. The monoisotopic (exact) mass is 292 g/mol. The van der Waals surface area contributed by atoms with E-state index in [2.05, 4.69) is 24.1 Å². The molecule has 0 saturated heterocycles. The van der Waals surface area contributed by atoms with Crippen molar-refractivity contribution >= 4 is 28.2 Å². The SMILES string of the molecule is CCC(CC)(CO)CNc1ccnc2cc(Cl)ccc12. The Bertz CT molecular complexity index is 573. The second kappa shape index (κ2) is 6.42. The number of aliphatic hydroxyl groups is 1. The summed E-state index contributed by atoms with van der Waals surface area (Å²) >= 11 is 5.99. The van der Waals surface area contributed by atoms with Gasteiger partial charge in [0.1, 0.15) is 0 Å². The lowest BCUT2D eigenvalue weighted by Gasteiger charge is -2.30. The molecule has 4 heteroatoms. The van der Waals surface area contributed by atoms with Crippen molar-refractivity contribution in [3.63, 3.8) is 0 Å². The van der Waals surface area contributed by atoms with Crippen LogP contribution in [0.4, 0.5) is 5.69 Å². The molecule has 1 aromatic carbocycles. The average molecular weight is 293 g/mol. The molecule has 0 fully saturated rings. The zero-order valence-electron chi connectivity index (χ0n) is 12.0. The third-order valence-corrected chi connectivity index (χ3v) is 4.43. The van der Waals surface area contributed by atoms with Crippen LogP contribution in [0, 0.1) is 5.41 Å². The van der Waals surface area contributed by atoms with Gasteiger partial charge in [0, 0.05) is 34.3 Å². The van der Waals surface area contributed by atoms with E-state index in [9.17, 15) is 5.11 Å². The summed E-state index contributed by atoms with van der Waals surface area (Å²) < 4.78 is 0. The summed E-state index contributed by atoms with van der Waals surface area (Å²) in [4.78, 5) is 4.33. The molecular formula is C16H21ClN2O. The van der Waals surface area contributed by atoms with Crippen molar-refractivity contribution in [3.8, 4) is 0 Å². The third-order valence-electron chi connectivity index (χ3n) is 4.19. The highest BCUT2D eigenvalue weighted by molar-refractivity contribution is 6.31. The first kappa shape index (κ1) is 15.1. The number of fused-ring (bicyclic) bond motifs is 1. The first-order chi connectivity index (χ1) is 9.64. The highest BCUT2D eigenvalue weighted by atomic mass is 35.5. The second-order valence-electron chi connectivity index (χ2n) is 5.24. The average Bonchev–Trinajstić information content (AvgIpc) is 2.49. The summed E-state index contributed by atoms with van der Waals surface area (Å²) in [6.45, 7) is 5.18. The van der Waals surface area contributed by atoms with E-state index in [0.717, 1.165) is 36.0 Å². The van der Waals surface area contributed by atoms with Gasteiger partial charge in [-0.15, -0.1) is 0 Å². The minimum absolute atomic E-state index is 0.0674. The van der Waals surface area contributed by atoms with Crippen LogP contribution in [0.2, 0.25) is 5.02 Å². The maximum atomic E-state index is 9.63. The first-order valence-corrected chi connectivity index (χ1v) is 7.41. The van der Waals surface area contributed by atoms with Crippen molar-refractivity contribution < 1.29 is 5.11 Å². The van der Waals surface area contributed by atoms with Crippen molar-refractivity contribution in [2.45, 2.75) is 26.7 Å². The molecule has 0 aliphatic heterocycles. The van der Waals surface area contributed by atoms with E-state index in [1.165, 1.54) is 0 Å². The number of nitrogens with one attached hydrogen (secondary N) is 1. The fraction of sp³-hybridized carbons (Fsp3) is 0.438. The van der Waals surface area contributed by atoms with Gasteiger partial charge in [0.05, 0.1) is 12.1 Å². The lowest BCUT2D eigenvalue weighted by molar-refractivity contribution is 0.127. The Hall–Kier alpha value is -1.32. The van der Waals surface area contributed by atoms with Gasteiger partial charge in [-0.25, -0.2) is 0 Å². The van der Waals surface area contributed by atoms with E-state index in [1.54, 1.807) is 6.20 Å². The number of anilines is 1. The van der Waals surface area contributed by atoms with E-state index in [1.807, 2.05) is 24.3 Å². The molecule has 0 radical (unpaired) electrons. The molecule has 2 aromatic rings. The highest BCUT2D eigenvalue weighted by Gasteiger charge is 2.25. The van der Waals surface area contributed by atoms with Gasteiger partial charge in [0.25, 0.3) is 0 Å². The van der Waals surface area contributed by atoms with Crippen LogP contribution in [0.5, 0.6) is 0 Å². The Kier molecular flexibility index (Phi) is 4.84. The number of hydrogen-bond donors (Lipinski definition) is 2. The zero-order chi connectivity index (χ0) is 14.6. The summed E-state index contributed by atoms with van der Waals surface area (Å²) in [7, 11) is 0. The molecule has 108 valence electrons. The molecule has 0 saturated carbocycles. The molecule has 0 aliphatic carbocycles. The topological polar surface area (TPSA) is 45.1 Å². The Balaban J connectivity index is 2.26. The molecule has 0 bridgehead atoms. The van der Waals surface area contributed by atoms with Crippen LogP contribution in [0.3, 0.4) is 0 Å². The quantitative estimate of drug-likeness (QED) is 0.842. The number of pyridine rings is 1. The summed E-state index contributed by atoms with van der Waals surface area (Å²) in [6.07, 6.45) is 3.67. The van der Waals surface area contributed by atoms with Crippen molar-refractivity contribution in [2.75, 3.05) is 18.5 Å². The molecule has 2 rings (SSSR count). The standard InChI is InChI=1S/C16H21ClN2O/c1-3-16(4-2,11-20)10-19-14-7-8-18-15-9-12(17)5-6-13(14)15/h5-9,20H,3-4,10-11H2,1-2H3,(H,18,19). The van der Waals surface area contributed by atoms with Crippen LogP contribution in [-0.4, -0.2) is 23.2 Å². The first-order valence-electron chi connectivity index (χ1n) is 7.03. The Labute approximate surface area is 125 Å². The van der Waals surface area contributed by atoms with Crippen LogP contribution in [0.15, 0.2) is 30.5 Å². The number of halogens is 1. The fourth-order valence-electron chi connectivity index (χ4n) is 2.34. The summed E-state index contributed by atoms with van der Waals surface area (Å²) in [5.41, 5.74) is 1.85. The number of hydrogen-bond acceptors (Lipinski definition) is 3. The van der Waals surface area contributed by atoms with Gasteiger partial charge in [-0.05, 0) is 37.1 Å². The molecular weight excluding hydrogens is 272 g/mol. The number of nitrogens with zero attached hydrogens (tertiary/aromatic N) is 1. The maximum absolute atomic E-state index is 9.63. The third kappa shape index (κ3) is 3.05.